The van der Waals surface area contributed by atoms with Crippen LogP contribution in [0, 0.1) is 0 Å². The number of hydrogen-bond acceptors (Lipinski definition) is 16. The molecule has 0 radical (unpaired) electrons. The molecule has 0 aliphatic carbocycles. The number of hydrogen-bond donors (Lipinski definition) is 7. The van der Waals surface area contributed by atoms with Crippen molar-refractivity contribution in [3.05, 3.63) is 45.2 Å². The zero-order valence-electron chi connectivity index (χ0n) is 29.1. The van der Waals surface area contributed by atoms with Gasteiger partial charge in [0.1, 0.15) is 23.7 Å². The summed E-state index contributed by atoms with van der Waals surface area (Å²) < 4.78 is 0.492. The first-order valence-corrected chi connectivity index (χ1v) is 18.8. The smallest absolute Gasteiger partial charge is 0.348 e. The lowest BCUT2D eigenvalue weighted by Gasteiger charge is -2.51. The third kappa shape index (κ3) is 7.99. The Kier molecular flexibility index (Phi) is 11.2. The first-order valence-electron chi connectivity index (χ1n) is 16.5. The number of carboxylic acid groups (broad SMARTS) is 2. The molecule has 55 heavy (non-hydrogen) atoms. The summed E-state index contributed by atoms with van der Waals surface area (Å²) in [4.78, 5) is 75.4. The molecule has 0 spiro atoms. The topological polar surface area (TPSA) is 300 Å². The number of phenols is 2. The number of fused-ring (bicyclic) bond motifs is 1. The number of benzene rings is 1. The number of nitrogens with two attached hydrogens (primary N) is 1. The zero-order chi connectivity index (χ0) is 39.8. The summed E-state index contributed by atoms with van der Waals surface area (Å²) in [7, 11) is 4.11. The molecule has 2 fully saturated rings. The quantitative estimate of drug-likeness (QED) is 0.0397. The summed E-state index contributed by atoms with van der Waals surface area (Å²) in [5.74, 6) is -5.16. The molecule has 6 rings (SSSR count). The van der Waals surface area contributed by atoms with Gasteiger partial charge in [-0.25, -0.2) is 14.9 Å². The van der Waals surface area contributed by atoms with Gasteiger partial charge in [0.2, 0.25) is 6.10 Å². The molecule has 2 aromatic heterocycles. The third-order valence-corrected chi connectivity index (χ3v) is 11.8. The predicted octanol–water partition coefficient (Wildman–Crippen LogP) is 0.144. The van der Waals surface area contributed by atoms with E-state index in [4.69, 9.17) is 27.3 Å². The van der Waals surface area contributed by atoms with Crippen LogP contribution in [0.1, 0.15) is 41.1 Å². The minimum Gasteiger partial charge on any atom is -0.504 e. The second-order valence-electron chi connectivity index (χ2n) is 13.4. The van der Waals surface area contributed by atoms with E-state index in [1.165, 1.54) is 34.2 Å². The largest absolute Gasteiger partial charge is 0.504 e. The summed E-state index contributed by atoms with van der Waals surface area (Å²) in [5, 5.41) is 59.3. The number of nitrogen functional groups attached to an aromatic ring is 1. The first kappa shape index (κ1) is 39.2. The van der Waals surface area contributed by atoms with Gasteiger partial charge in [-0.2, -0.15) is 0 Å². The van der Waals surface area contributed by atoms with Gasteiger partial charge in [0.15, 0.2) is 28.2 Å². The van der Waals surface area contributed by atoms with Crippen LogP contribution in [-0.4, -0.2) is 159 Å². The highest BCUT2D eigenvalue weighted by molar-refractivity contribution is 8.00. The van der Waals surface area contributed by atoms with Gasteiger partial charge in [-0.05, 0) is 22.6 Å². The number of tetrazole rings is 1. The lowest BCUT2D eigenvalue weighted by atomic mass is 9.98. The highest BCUT2D eigenvalue weighted by Crippen LogP contribution is 2.44. The number of amides is 3. The number of aromatic amines is 1. The van der Waals surface area contributed by atoms with Crippen LogP contribution >= 0.6 is 34.7 Å². The van der Waals surface area contributed by atoms with Crippen LogP contribution in [0.4, 0.5) is 5.13 Å². The van der Waals surface area contributed by atoms with Crippen LogP contribution in [0.5, 0.6) is 11.5 Å². The first-order chi connectivity index (χ1) is 26.1. The van der Waals surface area contributed by atoms with E-state index >= 15 is 0 Å². The number of likely N-dealkylation sites (tertiary alicyclic amines) is 1. The second-order valence-corrected chi connectivity index (χ2v) is 15.7. The fraction of sp³-hybridized carbons (Fsp3) is 0.419. The van der Waals surface area contributed by atoms with E-state index in [9.17, 15) is 39.3 Å². The molecule has 3 aliphatic heterocycles. The van der Waals surface area contributed by atoms with E-state index in [1.807, 2.05) is 0 Å². The van der Waals surface area contributed by atoms with E-state index in [-0.39, 0.29) is 39.2 Å². The number of halogens is 1. The van der Waals surface area contributed by atoms with Crippen LogP contribution in [0.15, 0.2) is 28.2 Å². The molecule has 1 aromatic carbocycles. The Morgan fingerprint density at radius 2 is 1.93 bits per heavy atom. The molecular formula is C31H35ClN11O10S2+. The Labute approximate surface area is 324 Å². The van der Waals surface area contributed by atoms with Gasteiger partial charge in [-0.15, -0.1) is 28.2 Å². The van der Waals surface area contributed by atoms with Crippen LogP contribution in [0.25, 0.3) is 5.70 Å². The van der Waals surface area contributed by atoms with Crippen molar-refractivity contribution < 1.29 is 53.7 Å². The number of phenolic OH excluding ortho intramolecular Hbond substituents is 2. The van der Waals surface area contributed by atoms with Crippen molar-refractivity contribution in [1.82, 2.24) is 40.7 Å². The summed E-state index contributed by atoms with van der Waals surface area (Å²) >= 11 is 8.52. The number of β-lactam (4-membered cyclic amide) rings is 1. The van der Waals surface area contributed by atoms with Crippen molar-refractivity contribution in [3.8, 4) is 11.5 Å². The van der Waals surface area contributed by atoms with Crippen LogP contribution in [0.3, 0.4) is 0 Å². The number of thiazole rings is 1. The molecule has 5 heterocycles. The maximum atomic E-state index is 13.8. The summed E-state index contributed by atoms with van der Waals surface area (Å²) in [6.07, 6.45) is -1.57. The summed E-state index contributed by atoms with van der Waals surface area (Å²) in [5.41, 5.74) is 6.57. The van der Waals surface area contributed by atoms with Crippen LogP contribution in [0.2, 0.25) is 5.02 Å². The van der Waals surface area contributed by atoms with Gasteiger partial charge in [0.25, 0.3) is 17.7 Å². The Balaban J connectivity index is 1.17. The number of carboxylic acids is 2. The molecule has 0 saturated carbocycles. The Morgan fingerprint density at radius 1 is 1.20 bits per heavy atom. The summed E-state index contributed by atoms with van der Waals surface area (Å²) in [6, 6.07) is 1.63. The molecule has 24 heteroatoms. The van der Waals surface area contributed by atoms with E-state index in [1.54, 1.807) is 4.90 Å². The highest BCUT2D eigenvalue weighted by atomic mass is 35.5. The van der Waals surface area contributed by atoms with Crippen molar-refractivity contribution in [2.24, 2.45) is 5.16 Å². The Morgan fingerprint density at radius 3 is 2.55 bits per heavy atom. The summed E-state index contributed by atoms with van der Waals surface area (Å²) in [6.45, 7) is 1.32. The fourth-order valence-corrected chi connectivity index (χ4v) is 8.75. The van der Waals surface area contributed by atoms with E-state index < -0.39 is 64.9 Å². The molecule has 8 N–H and O–H groups in total. The van der Waals surface area contributed by atoms with Crippen LogP contribution in [-0.2, 0) is 24.0 Å². The maximum absolute atomic E-state index is 13.8. The number of nitrogens with zero attached hydrogens (tertiary/aromatic N) is 8. The molecule has 292 valence electrons. The highest BCUT2D eigenvalue weighted by Gasteiger charge is 2.54. The zero-order valence-corrected chi connectivity index (χ0v) is 31.5. The molecule has 0 unspecified atom stereocenters. The lowest BCUT2D eigenvalue weighted by Crippen LogP contribution is -2.70. The minimum atomic E-state index is -1.91. The maximum Gasteiger partial charge on any atom is 0.348 e. The number of piperidine rings is 1. The van der Waals surface area contributed by atoms with E-state index in [0.29, 0.717) is 48.4 Å². The molecule has 3 amide bonds. The number of oxime groups is 1. The number of carbonyl (C=O) groups excluding carboxylic acids is 3. The van der Waals surface area contributed by atoms with Crippen molar-refractivity contribution in [3.63, 3.8) is 0 Å². The minimum absolute atomic E-state index is 0.0630. The monoisotopic (exact) mass is 820 g/mol. The number of rotatable bonds is 13. The fourth-order valence-electron chi connectivity index (χ4n) is 6.63. The third-order valence-electron chi connectivity index (χ3n) is 9.45. The molecule has 3 aromatic rings. The average Bonchev–Trinajstić information content (AvgIpc) is 3.84. The molecule has 3 atom stereocenters. The number of aromatic nitrogens is 5. The Bertz CT molecular complexity index is 2090. The molecular weight excluding hydrogens is 786 g/mol. The number of quaternary nitrogens is 1. The standard InChI is InChI=1S/C31H34ClN11O10S2/c1-43(2,14-5-7-41(8-6-14)27(49)15-3-4-17(44)24(47)20(15)32)10-13-11-54-29-22(28(50)42(29)23(13)25-36-39-40-37-25)35-26(48)21(16-12-55-31(33)34-16)38-53-18(30(51)52)9-19(45)46/h3-4,12,14,18,22,29H,5-11H2,1-2H3,(H7-,33,34,35,36,37,38,39,40,44,45,46,47,48,49,51,52)/p+1/t18-,22+,29+/m0/s1. The van der Waals surface area contributed by atoms with E-state index in [2.05, 4.69) is 50.2 Å². The normalized spacial score (nSPS) is 19.8. The number of nitrogens with one attached hydrogen (secondary N) is 2. The van der Waals surface area contributed by atoms with Crippen molar-refractivity contribution >= 4 is 80.9 Å². The van der Waals surface area contributed by atoms with Gasteiger partial charge in [-0.3, -0.25) is 24.1 Å². The SMILES string of the molecule is C[N+](C)(CC1=C(c2nnn[nH]2)N2C(=O)[C@@H](NC(=O)/C(=N\O[C@@H](CC(=O)O)C(=O)O)c3csc(N)n3)[C@H]2SC1)C1CCN(C(=O)c2ccc(O)c(O)c2Cl)CC1. The number of carbonyl (C=O) groups is 5. The number of aromatic hydroxyl groups is 2. The van der Waals surface area contributed by atoms with Crippen LogP contribution < -0.4 is 11.1 Å². The van der Waals surface area contributed by atoms with Gasteiger partial charge >= 0.3 is 11.9 Å². The molecule has 0 bridgehead atoms. The van der Waals surface area contributed by atoms with Gasteiger partial charge in [0.05, 0.1) is 42.8 Å². The number of thioether (sulfide) groups is 1. The number of aliphatic carboxylic acids is 2. The molecule has 3 aliphatic rings. The molecule has 21 nitrogen and oxygen atoms in total. The van der Waals surface area contributed by atoms with Gasteiger partial charge in [0, 0.05) is 42.6 Å². The van der Waals surface area contributed by atoms with Gasteiger partial charge in [-0.1, -0.05) is 16.8 Å². The lowest BCUT2D eigenvalue weighted by molar-refractivity contribution is -0.911. The van der Waals surface area contributed by atoms with Gasteiger partial charge < -0.3 is 45.7 Å². The average molecular weight is 821 g/mol. The van der Waals surface area contributed by atoms with Crippen molar-refractivity contribution in [2.75, 3.05) is 45.2 Å². The number of H-pyrrole nitrogens is 1. The van der Waals surface area contributed by atoms with Crippen molar-refractivity contribution in [2.45, 2.75) is 42.8 Å². The van der Waals surface area contributed by atoms with E-state index in [0.717, 1.165) is 16.9 Å². The Hall–Kier alpha value is -5.52. The van der Waals surface area contributed by atoms with Crippen molar-refractivity contribution in [1.29, 1.82) is 0 Å². The number of anilines is 1. The number of likely N-dealkylation sites (N-methyl/N-ethyl adjacent to an activating group) is 1. The predicted molar refractivity (Wildman–Crippen MR) is 195 cm³/mol. The second kappa shape index (κ2) is 15.7. The molecule has 2 saturated heterocycles.